The van der Waals surface area contributed by atoms with E-state index in [4.69, 9.17) is 4.74 Å². The van der Waals surface area contributed by atoms with Gasteiger partial charge in [0.1, 0.15) is 5.54 Å². The molecule has 3 heterocycles. The van der Waals surface area contributed by atoms with E-state index in [9.17, 15) is 14.4 Å². The first-order valence-corrected chi connectivity index (χ1v) is 11.7. The monoisotopic (exact) mass is 441 g/mol. The third-order valence-electron chi connectivity index (χ3n) is 7.21. The van der Waals surface area contributed by atoms with Crippen LogP contribution in [0.3, 0.4) is 0 Å². The maximum Gasteiger partial charge on any atom is 0.320 e. The van der Waals surface area contributed by atoms with Gasteiger partial charge in [-0.25, -0.2) is 4.79 Å². The van der Waals surface area contributed by atoms with Gasteiger partial charge >= 0.3 is 6.03 Å². The Labute approximate surface area is 188 Å². The SMILES string of the molecule is O=C(N1CCOCC1)N1CCN(CC(=O)N2c3ccccc3NC(=O)C23CCCC3)CC1. The van der Waals surface area contributed by atoms with E-state index in [1.54, 1.807) is 4.90 Å². The summed E-state index contributed by atoms with van der Waals surface area (Å²) >= 11 is 0. The van der Waals surface area contributed by atoms with Crippen molar-refractivity contribution >= 4 is 29.2 Å². The summed E-state index contributed by atoms with van der Waals surface area (Å²) in [5.41, 5.74) is 0.712. The minimum atomic E-state index is -0.778. The van der Waals surface area contributed by atoms with Gasteiger partial charge in [0.2, 0.25) is 5.91 Å². The minimum Gasteiger partial charge on any atom is -0.378 e. The van der Waals surface area contributed by atoms with Gasteiger partial charge in [0, 0.05) is 39.3 Å². The fourth-order valence-corrected chi connectivity index (χ4v) is 5.44. The molecule has 5 rings (SSSR count). The topological polar surface area (TPSA) is 85.4 Å². The van der Waals surface area contributed by atoms with E-state index in [2.05, 4.69) is 10.2 Å². The van der Waals surface area contributed by atoms with Crippen LogP contribution in [0.4, 0.5) is 16.2 Å². The van der Waals surface area contributed by atoms with Gasteiger partial charge in [-0.1, -0.05) is 25.0 Å². The van der Waals surface area contributed by atoms with Gasteiger partial charge in [-0.2, -0.15) is 0 Å². The first-order chi connectivity index (χ1) is 15.6. The Morgan fingerprint density at radius 1 is 0.938 bits per heavy atom. The molecule has 0 radical (unpaired) electrons. The lowest BCUT2D eigenvalue weighted by Crippen LogP contribution is -2.63. The van der Waals surface area contributed by atoms with E-state index in [1.165, 1.54) is 0 Å². The van der Waals surface area contributed by atoms with Crippen LogP contribution in [-0.2, 0) is 14.3 Å². The van der Waals surface area contributed by atoms with E-state index >= 15 is 0 Å². The highest BCUT2D eigenvalue weighted by Crippen LogP contribution is 2.45. The number of amides is 4. The van der Waals surface area contributed by atoms with Gasteiger partial charge in [0.05, 0.1) is 31.1 Å². The van der Waals surface area contributed by atoms with Crippen LogP contribution >= 0.6 is 0 Å². The van der Waals surface area contributed by atoms with Crippen LogP contribution in [0.15, 0.2) is 24.3 Å². The van der Waals surface area contributed by atoms with Gasteiger partial charge in [0.25, 0.3) is 5.91 Å². The molecule has 1 aromatic rings. The van der Waals surface area contributed by atoms with Crippen LogP contribution in [0.1, 0.15) is 25.7 Å². The smallest absolute Gasteiger partial charge is 0.320 e. The zero-order valence-electron chi connectivity index (χ0n) is 18.4. The second kappa shape index (κ2) is 8.71. The maximum atomic E-state index is 13.6. The molecule has 32 heavy (non-hydrogen) atoms. The largest absolute Gasteiger partial charge is 0.378 e. The molecule has 3 fully saturated rings. The fourth-order valence-electron chi connectivity index (χ4n) is 5.44. The molecule has 3 aliphatic heterocycles. The van der Waals surface area contributed by atoms with Crippen LogP contribution in [0, 0.1) is 0 Å². The Morgan fingerprint density at radius 3 is 2.31 bits per heavy atom. The van der Waals surface area contributed by atoms with E-state index in [-0.39, 0.29) is 24.4 Å². The number of nitrogens with zero attached hydrogens (tertiary/aromatic N) is 4. The summed E-state index contributed by atoms with van der Waals surface area (Å²) in [5.74, 6) is -0.106. The van der Waals surface area contributed by atoms with Gasteiger partial charge < -0.3 is 19.9 Å². The molecular formula is C23H31N5O4. The number of benzene rings is 1. The van der Waals surface area contributed by atoms with Crippen molar-refractivity contribution in [3.05, 3.63) is 24.3 Å². The predicted octanol–water partition coefficient (Wildman–Crippen LogP) is 1.35. The van der Waals surface area contributed by atoms with Gasteiger partial charge in [0.15, 0.2) is 0 Å². The summed E-state index contributed by atoms with van der Waals surface area (Å²) < 4.78 is 5.34. The van der Waals surface area contributed by atoms with Crippen molar-refractivity contribution in [2.24, 2.45) is 0 Å². The molecule has 9 heteroatoms. The highest BCUT2D eigenvalue weighted by Gasteiger charge is 2.52. The van der Waals surface area contributed by atoms with Crippen LogP contribution < -0.4 is 10.2 Å². The third-order valence-corrected chi connectivity index (χ3v) is 7.21. The number of fused-ring (bicyclic) bond motifs is 1. The highest BCUT2D eigenvalue weighted by molar-refractivity contribution is 6.15. The summed E-state index contributed by atoms with van der Waals surface area (Å²) in [6, 6.07) is 7.62. The van der Waals surface area contributed by atoms with E-state index in [0.29, 0.717) is 71.0 Å². The molecular weight excluding hydrogens is 410 g/mol. The van der Waals surface area contributed by atoms with Gasteiger partial charge in [-0.15, -0.1) is 0 Å². The molecule has 2 saturated heterocycles. The van der Waals surface area contributed by atoms with Crippen molar-refractivity contribution in [3.8, 4) is 0 Å². The average molecular weight is 442 g/mol. The maximum absolute atomic E-state index is 13.6. The molecule has 1 N–H and O–H groups in total. The first kappa shape index (κ1) is 21.2. The van der Waals surface area contributed by atoms with E-state index in [0.717, 1.165) is 18.5 Å². The van der Waals surface area contributed by atoms with Gasteiger partial charge in [-0.05, 0) is 25.0 Å². The fraction of sp³-hybridized carbons (Fsp3) is 0.609. The quantitative estimate of drug-likeness (QED) is 0.749. The average Bonchev–Trinajstić information content (AvgIpc) is 3.31. The Hall–Kier alpha value is -2.65. The summed E-state index contributed by atoms with van der Waals surface area (Å²) in [4.78, 5) is 47.0. The zero-order chi connectivity index (χ0) is 22.1. The van der Waals surface area contributed by atoms with Crippen LogP contribution in [0.25, 0.3) is 0 Å². The Morgan fingerprint density at radius 2 is 1.59 bits per heavy atom. The summed E-state index contributed by atoms with van der Waals surface area (Å²) in [6.45, 7) is 5.21. The summed E-state index contributed by atoms with van der Waals surface area (Å²) in [5, 5.41) is 3.03. The van der Waals surface area contributed by atoms with Crippen LogP contribution in [0.5, 0.6) is 0 Å². The first-order valence-electron chi connectivity index (χ1n) is 11.7. The van der Waals surface area contributed by atoms with Crippen molar-refractivity contribution in [2.45, 2.75) is 31.2 Å². The number of carbonyl (C=O) groups excluding carboxylic acids is 3. The number of carbonyl (C=O) groups is 3. The molecule has 0 bridgehead atoms. The molecule has 4 aliphatic rings. The lowest BCUT2D eigenvalue weighted by Gasteiger charge is -2.45. The van der Waals surface area contributed by atoms with E-state index < -0.39 is 5.54 Å². The number of urea groups is 1. The zero-order valence-corrected chi connectivity index (χ0v) is 18.4. The Balaban J connectivity index is 1.26. The second-order valence-electron chi connectivity index (χ2n) is 9.08. The predicted molar refractivity (Wildman–Crippen MR) is 120 cm³/mol. The van der Waals surface area contributed by atoms with E-state index in [1.807, 2.05) is 34.1 Å². The number of anilines is 2. The molecule has 0 aromatic heterocycles. The number of hydrogen-bond acceptors (Lipinski definition) is 5. The number of ether oxygens (including phenoxy) is 1. The van der Waals surface area contributed by atoms with Crippen molar-refractivity contribution < 1.29 is 19.1 Å². The minimum absolute atomic E-state index is 0.0397. The third kappa shape index (κ3) is 3.73. The highest BCUT2D eigenvalue weighted by atomic mass is 16.5. The number of nitrogens with one attached hydrogen (secondary N) is 1. The molecule has 4 amide bonds. The molecule has 172 valence electrons. The molecule has 0 unspecified atom stereocenters. The standard InChI is InChI=1S/C23H31N5O4/c29-20(17-25-9-11-26(12-10-25)22(31)27-13-15-32-16-14-27)28-19-6-2-1-5-18(19)24-21(30)23(28)7-3-4-8-23/h1-2,5-6H,3-4,7-17H2,(H,24,30). The van der Waals surface area contributed by atoms with Crippen LogP contribution in [0.2, 0.25) is 0 Å². The Kier molecular flexibility index (Phi) is 5.77. The molecule has 1 aliphatic carbocycles. The molecule has 9 nitrogen and oxygen atoms in total. The molecule has 0 atom stereocenters. The lowest BCUT2D eigenvalue weighted by molar-refractivity contribution is -0.128. The number of piperazine rings is 1. The van der Waals surface area contributed by atoms with Crippen molar-refractivity contribution in [3.63, 3.8) is 0 Å². The second-order valence-corrected chi connectivity index (χ2v) is 9.08. The lowest BCUT2D eigenvalue weighted by atomic mass is 9.89. The molecule has 1 saturated carbocycles. The number of rotatable bonds is 2. The van der Waals surface area contributed by atoms with Crippen molar-refractivity contribution in [2.75, 3.05) is 69.2 Å². The van der Waals surface area contributed by atoms with Crippen LogP contribution in [-0.4, -0.2) is 97.1 Å². The van der Waals surface area contributed by atoms with Crippen molar-refractivity contribution in [1.29, 1.82) is 0 Å². The van der Waals surface area contributed by atoms with Gasteiger partial charge in [-0.3, -0.25) is 19.4 Å². The number of para-hydroxylation sites is 2. The number of hydrogen-bond donors (Lipinski definition) is 1. The summed E-state index contributed by atoms with van der Waals surface area (Å²) in [6.07, 6.45) is 3.28. The molecule has 1 aromatic carbocycles. The number of morpholine rings is 1. The Bertz CT molecular complexity index is 886. The van der Waals surface area contributed by atoms with Crippen molar-refractivity contribution in [1.82, 2.24) is 14.7 Å². The normalized spacial score (nSPS) is 23.2. The summed E-state index contributed by atoms with van der Waals surface area (Å²) in [7, 11) is 0. The molecule has 1 spiro atoms.